The highest BCUT2D eigenvalue weighted by atomic mass is 16.5. The largest absolute Gasteiger partial charge is 0.497 e. The van der Waals surface area contributed by atoms with Gasteiger partial charge in [-0.05, 0) is 55.2 Å². The molecule has 1 aliphatic rings. The van der Waals surface area contributed by atoms with Gasteiger partial charge in [0.15, 0.2) is 0 Å². The van der Waals surface area contributed by atoms with Crippen LogP contribution >= 0.6 is 0 Å². The number of nitrogens with zero attached hydrogens (tertiary/aromatic N) is 4. The van der Waals surface area contributed by atoms with Crippen LogP contribution in [-0.4, -0.2) is 49.0 Å². The maximum atomic E-state index is 9.73. The second-order valence-electron chi connectivity index (χ2n) is 7.95. The maximum absolute atomic E-state index is 9.73. The number of nitriles is 1. The number of nitrogens with one attached hydrogen (secondary N) is 1. The molecule has 1 aliphatic heterocycles. The van der Waals surface area contributed by atoms with E-state index in [4.69, 9.17) is 9.47 Å². The van der Waals surface area contributed by atoms with Crippen molar-refractivity contribution in [3.63, 3.8) is 0 Å². The SMILES string of the molecule is COc1cc(OC)cc(-c2ccnc(Nc3ccc(N4CCC(CO)CC4)c(C#N)c3)n2)c1. The van der Waals surface area contributed by atoms with Crippen molar-refractivity contribution in [3.05, 3.63) is 54.2 Å². The first-order chi connectivity index (χ1) is 16.1. The molecule has 8 heteroatoms. The summed E-state index contributed by atoms with van der Waals surface area (Å²) in [6.07, 6.45) is 3.54. The molecule has 0 saturated carbocycles. The van der Waals surface area contributed by atoms with E-state index < -0.39 is 0 Å². The highest BCUT2D eigenvalue weighted by molar-refractivity contribution is 5.69. The number of anilines is 3. The fourth-order valence-electron chi connectivity index (χ4n) is 4.00. The first-order valence-corrected chi connectivity index (χ1v) is 10.9. The summed E-state index contributed by atoms with van der Waals surface area (Å²) in [5, 5.41) is 22.3. The molecule has 0 radical (unpaired) electrons. The molecule has 2 heterocycles. The van der Waals surface area contributed by atoms with Gasteiger partial charge in [0.2, 0.25) is 5.95 Å². The van der Waals surface area contributed by atoms with E-state index in [2.05, 4.69) is 26.3 Å². The second kappa shape index (κ2) is 10.2. The highest BCUT2D eigenvalue weighted by Crippen LogP contribution is 2.31. The number of hydrogen-bond acceptors (Lipinski definition) is 8. The van der Waals surface area contributed by atoms with Crippen LogP contribution < -0.4 is 19.7 Å². The lowest BCUT2D eigenvalue weighted by molar-refractivity contribution is 0.203. The zero-order chi connectivity index (χ0) is 23.2. The molecule has 1 fully saturated rings. The molecular formula is C25H27N5O3. The van der Waals surface area contributed by atoms with Crippen LogP contribution in [-0.2, 0) is 0 Å². The molecule has 0 atom stereocenters. The molecule has 0 spiro atoms. The first-order valence-electron chi connectivity index (χ1n) is 10.9. The van der Waals surface area contributed by atoms with Crippen molar-refractivity contribution in [1.82, 2.24) is 9.97 Å². The Bertz CT molecular complexity index is 1130. The zero-order valence-electron chi connectivity index (χ0n) is 18.8. The summed E-state index contributed by atoms with van der Waals surface area (Å²) in [7, 11) is 3.22. The summed E-state index contributed by atoms with van der Waals surface area (Å²) < 4.78 is 10.7. The molecule has 0 unspecified atom stereocenters. The topological polar surface area (TPSA) is 104 Å². The molecule has 2 N–H and O–H groups in total. The van der Waals surface area contributed by atoms with Crippen molar-refractivity contribution >= 4 is 17.3 Å². The van der Waals surface area contributed by atoms with Crippen LogP contribution in [0.15, 0.2) is 48.7 Å². The van der Waals surface area contributed by atoms with E-state index >= 15 is 0 Å². The lowest BCUT2D eigenvalue weighted by Gasteiger charge is -2.33. The van der Waals surface area contributed by atoms with Crippen molar-refractivity contribution in [2.75, 3.05) is 44.1 Å². The lowest BCUT2D eigenvalue weighted by atomic mass is 9.97. The van der Waals surface area contributed by atoms with Crippen LogP contribution in [0.5, 0.6) is 11.5 Å². The normalized spacial score (nSPS) is 13.9. The molecule has 3 aromatic rings. The third kappa shape index (κ3) is 5.16. The van der Waals surface area contributed by atoms with Gasteiger partial charge in [0.25, 0.3) is 0 Å². The Labute approximate surface area is 193 Å². The molecule has 1 saturated heterocycles. The number of aliphatic hydroxyl groups is 1. The predicted molar refractivity (Wildman–Crippen MR) is 127 cm³/mol. The monoisotopic (exact) mass is 445 g/mol. The van der Waals surface area contributed by atoms with Gasteiger partial charge < -0.3 is 24.8 Å². The van der Waals surface area contributed by atoms with Crippen molar-refractivity contribution in [2.24, 2.45) is 5.92 Å². The van der Waals surface area contributed by atoms with Crippen molar-refractivity contribution < 1.29 is 14.6 Å². The van der Waals surface area contributed by atoms with Crippen LogP contribution in [0.25, 0.3) is 11.3 Å². The van der Waals surface area contributed by atoms with Crippen LogP contribution in [0.2, 0.25) is 0 Å². The fourth-order valence-corrected chi connectivity index (χ4v) is 4.00. The van der Waals surface area contributed by atoms with Crippen LogP contribution in [0.4, 0.5) is 17.3 Å². The Morgan fingerprint density at radius 2 is 1.82 bits per heavy atom. The van der Waals surface area contributed by atoms with Crippen LogP contribution in [0.3, 0.4) is 0 Å². The molecule has 33 heavy (non-hydrogen) atoms. The first kappa shape index (κ1) is 22.4. The van der Waals surface area contributed by atoms with Gasteiger partial charge in [-0.25, -0.2) is 9.97 Å². The van der Waals surface area contributed by atoms with Crippen molar-refractivity contribution in [3.8, 4) is 28.8 Å². The molecular weight excluding hydrogens is 418 g/mol. The zero-order valence-corrected chi connectivity index (χ0v) is 18.8. The number of ether oxygens (including phenoxy) is 2. The van der Waals surface area contributed by atoms with Gasteiger partial charge in [-0.2, -0.15) is 5.26 Å². The number of benzene rings is 2. The standard InChI is InChI=1S/C25H27N5O3/c1-32-21-12-18(13-22(14-21)33-2)23-5-8-27-25(29-23)28-20-3-4-24(19(11-20)15-26)30-9-6-17(16-31)7-10-30/h3-5,8,11-14,17,31H,6-7,9-10,16H2,1-2H3,(H,27,28,29). The minimum Gasteiger partial charge on any atom is -0.497 e. The van der Waals surface area contributed by atoms with E-state index in [9.17, 15) is 10.4 Å². The Hall–Kier alpha value is -3.83. The maximum Gasteiger partial charge on any atom is 0.227 e. The van der Waals surface area contributed by atoms with Crippen molar-refractivity contribution in [1.29, 1.82) is 5.26 Å². The fraction of sp³-hybridized carbons (Fsp3) is 0.320. The molecule has 0 amide bonds. The van der Waals surface area contributed by atoms with Gasteiger partial charge in [0.05, 0.1) is 31.2 Å². The second-order valence-corrected chi connectivity index (χ2v) is 7.95. The number of aromatic nitrogens is 2. The Kier molecular flexibility index (Phi) is 6.91. The minimum atomic E-state index is 0.226. The van der Waals surface area contributed by atoms with Crippen LogP contribution in [0.1, 0.15) is 18.4 Å². The molecule has 4 rings (SSSR count). The van der Waals surface area contributed by atoms with Crippen LogP contribution in [0, 0.1) is 17.2 Å². The van der Waals surface area contributed by atoms with Gasteiger partial charge in [0, 0.05) is 43.2 Å². The summed E-state index contributed by atoms with van der Waals surface area (Å²) in [6, 6.07) is 15.4. The summed E-state index contributed by atoms with van der Waals surface area (Å²) >= 11 is 0. The van der Waals surface area contributed by atoms with E-state index in [1.54, 1.807) is 26.5 Å². The van der Waals surface area contributed by atoms with E-state index in [1.807, 2.05) is 36.4 Å². The third-order valence-corrected chi connectivity index (χ3v) is 5.89. The lowest BCUT2D eigenvalue weighted by Crippen LogP contribution is -2.35. The number of piperidine rings is 1. The predicted octanol–water partition coefficient (Wildman–Crippen LogP) is 3.98. The van der Waals surface area contributed by atoms with Gasteiger partial charge in [0.1, 0.15) is 17.6 Å². The molecule has 0 bridgehead atoms. The molecule has 0 aliphatic carbocycles. The summed E-state index contributed by atoms with van der Waals surface area (Å²) in [5.74, 6) is 2.13. The number of hydrogen-bond donors (Lipinski definition) is 2. The van der Waals surface area contributed by atoms with Gasteiger partial charge in [-0.1, -0.05) is 0 Å². The Morgan fingerprint density at radius 3 is 2.45 bits per heavy atom. The summed E-state index contributed by atoms with van der Waals surface area (Å²) in [5.41, 5.74) is 3.80. The minimum absolute atomic E-state index is 0.226. The average Bonchev–Trinajstić information content (AvgIpc) is 2.88. The van der Waals surface area contributed by atoms with Crippen molar-refractivity contribution in [2.45, 2.75) is 12.8 Å². The smallest absolute Gasteiger partial charge is 0.227 e. The molecule has 8 nitrogen and oxygen atoms in total. The summed E-state index contributed by atoms with van der Waals surface area (Å²) in [4.78, 5) is 11.2. The quantitative estimate of drug-likeness (QED) is 0.563. The number of rotatable bonds is 7. The van der Waals surface area contributed by atoms with Gasteiger partial charge in [-0.15, -0.1) is 0 Å². The van der Waals surface area contributed by atoms with E-state index in [0.717, 1.165) is 42.9 Å². The van der Waals surface area contributed by atoms with E-state index in [0.29, 0.717) is 34.6 Å². The molecule has 2 aromatic carbocycles. The third-order valence-electron chi connectivity index (χ3n) is 5.89. The number of aliphatic hydroxyl groups excluding tert-OH is 1. The highest BCUT2D eigenvalue weighted by Gasteiger charge is 2.21. The molecule has 170 valence electrons. The Morgan fingerprint density at radius 1 is 1.09 bits per heavy atom. The van der Waals surface area contributed by atoms with E-state index in [-0.39, 0.29) is 6.61 Å². The molecule has 1 aromatic heterocycles. The van der Waals surface area contributed by atoms with Gasteiger partial charge >= 0.3 is 0 Å². The number of methoxy groups -OCH3 is 2. The van der Waals surface area contributed by atoms with Gasteiger partial charge in [-0.3, -0.25) is 0 Å². The van der Waals surface area contributed by atoms with E-state index in [1.165, 1.54) is 0 Å². The Balaban J connectivity index is 1.55. The average molecular weight is 446 g/mol. The summed E-state index contributed by atoms with van der Waals surface area (Å²) in [6.45, 7) is 1.90.